The molecule has 3 aliphatic carbocycles. The zero-order chi connectivity index (χ0) is 64.6. The van der Waals surface area contributed by atoms with Crippen LogP contribution in [0.3, 0.4) is 0 Å². The van der Waals surface area contributed by atoms with E-state index < -0.39 is 13.5 Å². The largest absolute Gasteiger partial charge is 0.309 e. The first-order valence-electron chi connectivity index (χ1n) is 34.5. The van der Waals surface area contributed by atoms with Crippen LogP contribution < -0.4 is 20.7 Å². The Morgan fingerprint density at radius 3 is 1.63 bits per heavy atom. The van der Waals surface area contributed by atoms with Crippen molar-refractivity contribution < 1.29 is 0 Å². The molecule has 98 heavy (non-hydrogen) atoms. The highest BCUT2D eigenvalue weighted by molar-refractivity contribution is 7.26. The molecule has 15 aromatic carbocycles. The van der Waals surface area contributed by atoms with Crippen LogP contribution in [0.2, 0.25) is 0 Å². The summed E-state index contributed by atoms with van der Waals surface area (Å²) in [5.74, 6) is 0.00792. The summed E-state index contributed by atoms with van der Waals surface area (Å²) in [4.78, 5) is 0. The van der Waals surface area contributed by atoms with Crippen LogP contribution in [0.15, 0.2) is 340 Å². The smallest absolute Gasteiger partial charge is 0.180 e. The number of hydrogen-bond acceptors (Lipinski definition) is 1. The molecule has 1 aliphatic heterocycles. The zero-order valence-electron chi connectivity index (χ0n) is 54.3. The van der Waals surface area contributed by atoms with Gasteiger partial charge in [0.05, 0.1) is 16.4 Å². The molecule has 21 rings (SSSR count). The summed E-state index contributed by atoms with van der Waals surface area (Å²) < 4.78 is 5.22. The lowest BCUT2D eigenvalue weighted by molar-refractivity contribution is 0.656. The van der Waals surface area contributed by atoms with E-state index in [0.717, 1.165) is 5.69 Å². The van der Waals surface area contributed by atoms with Crippen molar-refractivity contribution in [2.45, 2.75) is 30.6 Å². The van der Waals surface area contributed by atoms with Crippen LogP contribution in [-0.4, -0.2) is 12.6 Å². The molecule has 3 atom stereocenters. The van der Waals surface area contributed by atoms with Gasteiger partial charge < -0.3 is 4.57 Å². The Bertz CT molecular complexity index is 6160. The van der Waals surface area contributed by atoms with Gasteiger partial charge in [-0.25, -0.2) is 0 Å². The lowest BCUT2D eigenvalue weighted by Gasteiger charge is -2.35. The molecule has 4 aliphatic rings. The van der Waals surface area contributed by atoms with Gasteiger partial charge in [0.15, 0.2) is 8.07 Å². The van der Waals surface area contributed by atoms with Crippen molar-refractivity contribution in [2.75, 3.05) is 0 Å². The third kappa shape index (κ3) is 7.44. The normalized spacial score (nSPS) is 17.1. The fraction of sp³-hybridized carbons (Fsp3) is 0.0526. The van der Waals surface area contributed by atoms with Gasteiger partial charge in [0, 0.05) is 48.0 Å². The molecule has 3 heterocycles. The van der Waals surface area contributed by atoms with Crippen LogP contribution in [0.4, 0.5) is 0 Å². The van der Waals surface area contributed by atoms with E-state index >= 15 is 0 Å². The third-order valence-electron chi connectivity index (χ3n) is 23.1. The second kappa shape index (κ2) is 20.8. The van der Waals surface area contributed by atoms with Crippen molar-refractivity contribution in [1.29, 1.82) is 0 Å². The van der Waals surface area contributed by atoms with Crippen LogP contribution >= 0.6 is 11.3 Å². The summed E-state index contributed by atoms with van der Waals surface area (Å²) >= 11 is 1.92. The number of thiophene rings is 1. The van der Waals surface area contributed by atoms with E-state index in [4.69, 9.17) is 0 Å². The summed E-state index contributed by atoms with van der Waals surface area (Å²) in [7, 11) is -3.00. The quantitative estimate of drug-likeness (QED) is 0.134. The fourth-order valence-corrected chi connectivity index (χ4v) is 25.2. The molecule has 0 saturated heterocycles. The first kappa shape index (κ1) is 55.8. The van der Waals surface area contributed by atoms with Crippen LogP contribution in [0, 0.1) is 0 Å². The minimum absolute atomic E-state index is 0.00792. The van der Waals surface area contributed by atoms with Gasteiger partial charge in [0.1, 0.15) is 0 Å². The number of nitrogens with zero attached hydrogens (tertiary/aromatic N) is 1. The van der Waals surface area contributed by atoms with Gasteiger partial charge in [-0.2, -0.15) is 0 Å². The average Bonchev–Trinajstić information content (AvgIpc) is 1.51. The second-order valence-corrected chi connectivity index (χ2v) is 32.8. The van der Waals surface area contributed by atoms with Crippen molar-refractivity contribution >= 4 is 82.1 Å². The highest BCUT2D eigenvalue weighted by atomic mass is 32.1. The van der Waals surface area contributed by atoms with Crippen molar-refractivity contribution in [2.24, 2.45) is 0 Å². The predicted molar refractivity (Wildman–Crippen MR) is 415 cm³/mol. The van der Waals surface area contributed by atoms with Gasteiger partial charge in [-0.15, -0.1) is 11.3 Å². The maximum absolute atomic E-state index is 3.00. The maximum atomic E-state index is 2.63. The summed E-state index contributed by atoms with van der Waals surface area (Å²) in [5.41, 5.74) is 30.5. The van der Waals surface area contributed by atoms with E-state index in [1.165, 1.54) is 180 Å². The van der Waals surface area contributed by atoms with Crippen molar-refractivity contribution in [1.82, 2.24) is 4.57 Å². The van der Waals surface area contributed by atoms with Gasteiger partial charge in [0.25, 0.3) is 0 Å². The molecule has 458 valence electrons. The first-order valence-corrected chi connectivity index (χ1v) is 37.3. The number of rotatable bonds is 8. The molecule has 2 aromatic heterocycles. The van der Waals surface area contributed by atoms with Gasteiger partial charge in [-0.3, -0.25) is 0 Å². The van der Waals surface area contributed by atoms with Crippen molar-refractivity contribution in [3.8, 4) is 72.4 Å². The highest BCUT2D eigenvalue weighted by Crippen LogP contribution is 2.65. The topological polar surface area (TPSA) is 4.93 Å². The Kier molecular flexibility index (Phi) is 11.8. The Labute approximate surface area is 575 Å². The van der Waals surface area contributed by atoms with Crippen molar-refractivity contribution in [3.05, 3.63) is 390 Å². The SMILES string of the molecule is CC1(C)c2ccccc2-c2cc3c(cc21)C(c1ccccc1)(c1ccc(-c2ccccc2)cc1)c1ccc2c(c1-3)-c1ccccc1C2c1ccc(-n2c3ccccc3c3c4c(ccc32)[Si](c2ccccc2)(c2ccc(-c3ccccc3)cc2)c2ccc3sc5ccccc5c3c2-4)cc1. The van der Waals surface area contributed by atoms with Crippen molar-refractivity contribution in [3.63, 3.8) is 0 Å². The molecule has 0 N–H and O–H groups in total. The maximum Gasteiger partial charge on any atom is 0.180 e. The molecule has 0 radical (unpaired) electrons. The summed E-state index contributed by atoms with van der Waals surface area (Å²) in [6.45, 7) is 4.85. The third-order valence-corrected chi connectivity index (χ3v) is 29.1. The summed E-state index contributed by atoms with van der Waals surface area (Å²) in [6.07, 6.45) is 0. The van der Waals surface area contributed by atoms with E-state index in [1.807, 2.05) is 11.3 Å². The number of fused-ring (bicyclic) bond motifs is 21. The number of para-hydroxylation sites is 1. The molecule has 3 heteroatoms. The highest BCUT2D eigenvalue weighted by Gasteiger charge is 2.53. The number of aromatic nitrogens is 1. The van der Waals surface area contributed by atoms with Gasteiger partial charge in [0.2, 0.25) is 0 Å². The molecule has 1 nitrogen and oxygen atoms in total. The van der Waals surface area contributed by atoms with Gasteiger partial charge in [-0.05, 0) is 180 Å². The molecule has 0 bridgehead atoms. The zero-order valence-corrected chi connectivity index (χ0v) is 56.1. The summed E-state index contributed by atoms with van der Waals surface area (Å²) in [5, 5.41) is 11.0. The van der Waals surface area contributed by atoms with Crippen LogP contribution in [0.1, 0.15) is 69.8 Å². The molecule has 17 aromatic rings. The first-order chi connectivity index (χ1) is 48.4. The fourth-order valence-electron chi connectivity index (χ4n) is 19.0. The lowest BCUT2D eigenvalue weighted by atomic mass is 9.66. The second-order valence-electron chi connectivity index (χ2n) is 28.0. The molecule has 0 fully saturated rings. The minimum atomic E-state index is -3.00. The standard InChI is InChI=1S/C95H63NSSi/c1-94(2)77-36-20-17-31-69(77)75-57-76-80(58-79(75)94)95(64-27-11-5-12-28-64,65-45-39-61(40-46-65)59-23-7-3-8-24-59)78-52-51-74-87(70-32-15-16-33-71(70)88(74)89(76)78)63-41-47-66(48-42-63)96-81-37-21-18-34-72(81)90-82(96)53-55-85-92(90)93-86(56-54-84-91(93)73-35-19-22-38-83(73)97-84)98(85,67-29-13-6-14-30-67)68-49-43-62(44-50-68)60-25-9-4-10-26-60/h3-58,87H,1-2H3. The molecule has 0 amide bonds. The van der Waals surface area contributed by atoms with Gasteiger partial charge in [-0.1, -0.05) is 311 Å². The minimum Gasteiger partial charge on any atom is -0.309 e. The van der Waals surface area contributed by atoms with Crippen LogP contribution in [-0.2, 0) is 10.8 Å². The van der Waals surface area contributed by atoms with E-state index in [1.54, 1.807) is 0 Å². The van der Waals surface area contributed by atoms with E-state index in [-0.39, 0.29) is 11.3 Å². The number of benzene rings is 15. The lowest BCUT2D eigenvalue weighted by Crippen LogP contribution is -2.72. The molecule has 0 saturated carbocycles. The molecule has 0 spiro atoms. The van der Waals surface area contributed by atoms with Crippen LogP contribution in [0.5, 0.6) is 0 Å². The average molecular weight is 1280 g/mol. The Morgan fingerprint density at radius 2 is 0.898 bits per heavy atom. The monoisotopic (exact) mass is 1280 g/mol. The Morgan fingerprint density at radius 1 is 0.327 bits per heavy atom. The van der Waals surface area contributed by atoms with Crippen LogP contribution in [0.25, 0.3) is 114 Å². The van der Waals surface area contributed by atoms with E-state index in [9.17, 15) is 0 Å². The summed E-state index contributed by atoms with van der Waals surface area (Å²) in [6, 6.07) is 131. The van der Waals surface area contributed by atoms with E-state index in [2.05, 4.69) is 358 Å². The Hall–Kier alpha value is -11.5. The molecular weight excluding hydrogens is 1220 g/mol. The number of hydrogen-bond donors (Lipinski definition) is 0. The Balaban J connectivity index is 0.766. The molecular formula is C95H63NSSi. The van der Waals surface area contributed by atoms with E-state index in [0.29, 0.717) is 0 Å². The molecule has 3 unspecified atom stereocenters. The van der Waals surface area contributed by atoms with Gasteiger partial charge >= 0.3 is 0 Å². The predicted octanol–water partition coefficient (Wildman–Crippen LogP) is 21.7.